The van der Waals surface area contributed by atoms with Gasteiger partial charge in [0.2, 0.25) is 0 Å². The topological polar surface area (TPSA) is 41.1 Å². The maximum Gasteiger partial charge on any atom is 0.251 e. The summed E-state index contributed by atoms with van der Waals surface area (Å²) in [6.45, 7) is 4.97. The number of fused-ring (bicyclic) bond motifs is 7. The maximum absolute atomic E-state index is 12.6. The van der Waals surface area contributed by atoms with Crippen LogP contribution in [0.4, 0.5) is 5.69 Å². The molecule has 0 radical (unpaired) electrons. The number of amides is 1. The van der Waals surface area contributed by atoms with E-state index >= 15 is 0 Å². The van der Waals surface area contributed by atoms with E-state index in [4.69, 9.17) is 0 Å². The fourth-order valence-electron chi connectivity index (χ4n) is 6.02. The predicted octanol–water partition coefficient (Wildman–Crippen LogP) is 5.37. The fraction of sp³-hybridized carbons (Fsp3) is 0.480. The third-order valence-corrected chi connectivity index (χ3v) is 7.18. The van der Waals surface area contributed by atoms with Gasteiger partial charge in [-0.15, -0.1) is 0 Å². The van der Waals surface area contributed by atoms with E-state index in [1.165, 1.54) is 36.1 Å². The predicted molar refractivity (Wildman–Crippen MR) is 113 cm³/mol. The minimum absolute atomic E-state index is 0.0568. The van der Waals surface area contributed by atoms with Gasteiger partial charge in [-0.2, -0.15) is 0 Å². The summed E-state index contributed by atoms with van der Waals surface area (Å²) in [5, 5.41) is 6.93. The van der Waals surface area contributed by atoms with Crippen molar-refractivity contribution >= 4 is 11.6 Å². The Hall–Kier alpha value is -2.29. The molecule has 5 rings (SSSR count). The van der Waals surface area contributed by atoms with Gasteiger partial charge >= 0.3 is 0 Å². The molecule has 2 saturated carbocycles. The lowest BCUT2D eigenvalue weighted by Crippen LogP contribution is -2.36. The highest BCUT2D eigenvalue weighted by atomic mass is 16.1. The Morgan fingerprint density at radius 3 is 2.68 bits per heavy atom. The molecular weight excluding hydrogens is 344 g/mol. The van der Waals surface area contributed by atoms with Gasteiger partial charge < -0.3 is 10.6 Å². The van der Waals surface area contributed by atoms with Gasteiger partial charge in [-0.25, -0.2) is 0 Å². The number of carbonyl (C=O) groups is 1. The normalized spacial score (nSPS) is 29.9. The third kappa shape index (κ3) is 2.92. The number of carbonyl (C=O) groups excluding carboxylic acids is 1. The minimum Gasteiger partial charge on any atom is -0.378 e. The molecule has 2 N–H and O–H groups in total. The molecule has 0 aromatic heterocycles. The largest absolute Gasteiger partial charge is 0.378 e. The van der Waals surface area contributed by atoms with Gasteiger partial charge in [-0.05, 0) is 78.2 Å². The zero-order valence-electron chi connectivity index (χ0n) is 16.8. The molecule has 1 heterocycles. The van der Waals surface area contributed by atoms with Crippen molar-refractivity contribution < 1.29 is 4.79 Å². The molecule has 2 aliphatic carbocycles. The summed E-state index contributed by atoms with van der Waals surface area (Å²) >= 11 is 0. The number of hydrogen-bond acceptors (Lipinski definition) is 2. The molecule has 1 aliphatic heterocycles. The highest BCUT2D eigenvalue weighted by Crippen LogP contribution is 2.63. The van der Waals surface area contributed by atoms with Crippen LogP contribution in [-0.4, -0.2) is 12.5 Å². The van der Waals surface area contributed by atoms with Crippen molar-refractivity contribution in [1.29, 1.82) is 0 Å². The van der Waals surface area contributed by atoms with E-state index in [0.717, 1.165) is 23.9 Å². The second kappa shape index (κ2) is 6.95. The quantitative estimate of drug-likeness (QED) is 0.755. The summed E-state index contributed by atoms with van der Waals surface area (Å²) in [6, 6.07) is 17.6. The molecule has 1 amide bonds. The van der Waals surface area contributed by atoms with Gasteiger partial charge in [0, 0.05) is 17.8 Å². The molecule has 2 aromatic rings. The first-order chi connectivity index (χ1) is 13.6. The first-order valence-electron chi connectivity index (χ1n) is 10.9. The molecular formula is C25H30N2O. The Labute approximate surface area is 167 Å². The van der Waals surface area contributed by atoms with Crippen molar-refractivity contribution in [3.63, 3.8) is 0 Å². The average molecular weight is 375 g/mol. The summed E-state index contributed by atoms with van der Waals surface area (Å²) in [4.78, 5) is 12.6. The molecule has 28 heavy (non-hydrogen) atoms. The van der Waals surface area contributed by atoms with Crippen LogP contribution < -0.4 is 10.6 Å². The maximum atomic E-state index is 12.6. The van der Waals surface area contributed by atoms with Crippen molar-refractivity contribution in [2.24, 2.45) is 23.7 Å². The number of rotatable bonds is 4. The zero-order valence-corrected chi connectivity index (χ0v) is 16.8. The van der Waals surface area contributed by atoms with E-state index in [9.17, 15) is 4.79 Å². The van der Waals surface area contributed by atoms with Crippen molar-refractivity contribution in [2.75, 3.05) is 11.9 Å². The lowest BCUT2D eigenvalue weighted by atomic mass is 9.68. The van der Waals surface area contributed by atoms with Crippen LogP contribution in [0.2, 0.25) is 0 Å². The molecule has 2 bridgehead atoms. The van der Waals surface area contributed by atoms with Crippen LogP contribution in [0.1, 0.15) is 66.6 Å². The van der Waals surface area contributed by atoms with E-state index in [0.29, 0.717) is 23.8 Å². The molecule has 0 saturated heterocycles. The number of anilines is 1. The summed E-state index contributed by atoms with van der Waals surface area (Å²) < 4.78 is 0. The van der Waals surface area contributed by atoms with Gasteiger partial charge in [0.15, 0.2) is 0 Å². The summed E-state index contributed by atoms with van der Waals surface area (Å²) in [7, 11) is 0. The second-order valence-corrected chi connectivity index (χ2v) is 9.37. The molecule has 2 fully saturated rings. The van der Waals surface area contributed by atoms with Gasteiger partial charge in [-0.1, -0.05) is 44.2 Å². The molecule has 3 aliphatic rings. The molecule has 5 atom stereocenters. The molecule has 3 heteroatoms. The summed E-state index contributed by atoms with van der Waals surface area (Å²) in [5.74, 6) is 3.32. The lowest BCUT2D eigenvalue weighted by Gasteiger charge is -2.43. The Morgan fingerprint density at radius 2 is 1.89 bits per heavy atom. The van der Waals surface area contributed by atoms with Crippen molar-refractivity contribution in [1.82, 2.24) is 5.32 Å². The minimum atomic E-state index is 0.0568. The molecule has 146 valence electrons. The Bertz CT molecular complexity index is 875. The van der Waals surface area contributed by atoms with Crippen LogP contribution in [0.3, 0.4) is 0 Å². The van der Waals surface area contributed by atoms with Crippen LogP contribution in [0, 0.1) is 23.7 Å². The first kappa shape index (κ1) is 17.8. The van der Waals surface area contributed by atoms with Gasteiger partial charge in [-0.3, -0.25) is 4.79 Å². The number of benzene rings is 2. The van der Waals surface area contributed by atoms with Crippen LogP contribution in [0.15, 0.2) is 48.5 Å². The Kier molecular flexibility index (Phi) is 4.41. The fourth-order valence-corrected chi connectivity index (χ4v) is 6.02. The molecule has 0 spiro atoms. The molecule has 3 nitrogen and oxygen atoms in total. The van der Waals surface area contributed by atoms with Crippen LogP contribution >= 0.6 is 0 Å². The Balaban J connectivity index is 1.50. The van der Waals surface area contributed by atoms with E-state index in [1.54, 1.807) is 0 Å². The van der Waals surface area contributed by atoms with Crippen molar-refractivity contribution in [3.05, 3.63) is 65.2 Å². The number of hydrogen-bond donors (Lipinski definition) is 2. The first-order valence-corrected chi connectivity index (χ1v) is 10.9. The van der Waals surface area contributed by atoms with E-state index in [-0.39, 0.29) is 5.91 Å². The standard InChI is InChI=1S/C25H30N2O/c1-15(2)14-26-25(28)19-10-11-21-20(13-19)22-17-8-9-18(12-17)23(22)24(27-21)16-6-4-3-5-7-16/h3-7,10-11,13,15,17-18,22-24,27H,8-9,12,14H2,1-2H3,(H,26,28)/t17-,18-,22-,23+,24-/m0/s1. The van der Waals surface area contributed by atoms with Crippen molar-refractivity contribution in [3.8, 4) is 0 Å². The van der Waals surface area contributed by atoms with E-state index in [2.05, 4.69) is 66.9 Å². The summed E-state index contributed by atoms with van der Waals surface area (Å²) in [5.41, 5.74) is 4.81. The van der Waals surface area contributed by atoms with Crippen LogP contribution in [0.5, 0.6) is 0 Å². The van der Waals surface area contributed by atoms with Crippen molar-refractivity contribution in [2.45, 2.75) is 45.1 Å². The second-order valence-electron chi connectivity index (χ2n) is 9.37. The monoisotopic (exact) mass is 374 g/mol. The third-order valence-electron chi connectivity index (χ3n) is 7.18. The zero-order chi connectivity index (χ0) is 19.3. The summed E-state index contributed by atoms with van der Waals surface area (Å²) in [6.07, 6.45) is 4.06. The lowest BCUT2D eigenvalue weighted by molar-refractivity contribution is 0.0948. The van der Waals surface area contributed by atoms with Gasteiger partial charge in [0.05, 0.1) is 6.04 Å². The number of nitrogens with one attached hydrogen (secondary N) is 2. The van der Waals surface area contributed by atoms with E-state index < -0.39 is 0 Å². The van der Waals surface area contributed by atoms with Crippen LogP contribution in [-0.2, 0) is 0 Å². The SMILES string of the molecule is CC(C)CNC(=O)c1ccc2c(c1)[C@@H]1[C@H]3CC[C@@H](C3)[C@H]1[C@H](c1ccccc1)N2. The molecule has 2 aromatic carbocycles. The highest BCUT2D eigenvalue weighted by molar-refractivity contribution is 5.95. The van der Waals surface area contributed by atoms with E-state index in [1.807, 2.05) is 6.07 Å². The van der Waals surface area contributed by atoms with Crippen LogP contribution in [0.25, 0.3) is 0 Å². The van der Waals surface area contributed by atoms with Gasteiger partial charge in [0.25, 0.3) is 5.91 Å². The average Bonchev–Trinajstić information content (AvgIpc) is 3.34. The Morgan fingerprint density at radius 1 is 1.11 bits per heavy atom. The smallest absolute Gasteiger partial charge is 0.251 e. The van der Waals surface area contributed by atoms with Gasteiger partial charge in [0.1, 0.15) is 0 Å². The highest BCUT2D eigenvalue weighted by Gasteiger charge is 2.53. The molecule has 0 unspecified atom stereocenters.